The zero-order chi connectivity index (χ0) is 10.8. The van der Waals surface area contributed by atoms with Crippen molar-refractivity contribution < 1.29 is 4.79 Å². The minimum absolute atomic E-state index is 0.0427. The highest BCUT2D eigenvalue weighted by atomic mass is 16.2. The van der Waals surface area contributed by atoms with E-state index in [1.807, 2.05) is 18.3 Å². The third-order valence-electron chi connectivity index (χ3n) is 2.81. The third-order valence-corrected chi connectivity index (χ3v) is 2.81. The van der Waals surface area contributed by atoms with E-state index in [1.165, 1.54) is 0 Å². The predicted molar refractivity (Wildman–Crippen MR) is 59.0 cm³/mol. The lowest BCUT2D eigenvalue weighted by Gasteiger charge is -2.27. The molecule has 0 fully saturated rings. The predicted octanol–water partition coefficient (Wildman–Crippen LogP) is 0.724. The Morgan fingerprint density at radius 2 is 2.40 bits per heavy atom. The van der Waals surface area contributed by atoms with Crippen molar-refractivity contribution in [1.29, 1.82) is 0 Å². The number of fused-ring (bicyclic) bond motifs is 1. The van der Waals surface area contributed by atoms with Gasteiger partial charge in [-0.15, -0.1) is 0 Å². The SMILES string of the molecule is CN(C)CCC1CNC(=O)c2cccn21. The average Bonchev–Trinajstić information content (AvgIpc) is 2.66. The first-order chi connectivity index (χ1) is 7.18. The molecule has 15 heavy (non-hydrogen) atoms. The van der Waals surface area contributed by atoms with E-state index in [-0.39, 0.29) is 5.91 Å². The van der Waals surface area contributed by atoms with Gasteiger partial charge in [0.25, 0.3) is 5.91 Å². The van der Waals surface area contributed by atoms with Gasteiger partial charge in [0.15, 0.2) is 0 Å². The topological polar surface area (TPSA) is 37.3 Å². The molecule has 1 aliphatic rings. The highest BCUT2D eigenvalue weighted by Gasteiger charge is 2.23. The molecule has 0 aliphatic carbocycles. The van der Waals surface area contributed by atoms with Crippen LogP contribution in [0, 0.1) is 0 Å². The molecule has 0 radical (unpaired) electrons. The van der Waals surface area contributed by atoms with E-state index in [4.69, 9.17) is 0 Å². The lowest BCUT2D eigenvalue weighted by Crippen LogP contribution is -2.39. The average molecular weight is 207 g/mol. The summed E-state index contributed by atoms with van der Waals surface area (Å²) in [5, 5.41) is 2.92. The second-order valence-corrected chi connectivity index (χ2v) is 4.26. The van der Waals surface area contributed by atoms with Crippen molar-refractivity contribution in [2.75, 3.05) is 27.2 Å². The summed E-state index contributed by atoms with van der Waals surface area (Å²) < 4.78 is 2.09. The highest BCUT2D eigenvalue weighted by molar-refractivity contribution is 5.93. The number of carbonyl (C=O) groups excluding carboxylic acids is 1. The monoisotopic (exact) mass is 207 g/mol. The molecule has 4 nitrogen and oxygen atoms in total. The molecular weight excluding hydrogens is 190 g/mol. The van der Waals surface area contributed by atoms with E-state index in [0.717, 1.165) is 25.2 Å². The van der Waals surface area contributed by atoms with Gasteiger partial charge in [0.05, 0.1) is 6.04 Å². The van der Waals surface area contributed by atoms with Gasteiger partial charge in [-0.2, -0.15) is 0 Å². The summed E-state index contributed by atoms with van der Waals surface area (Å²) in [5.41, 5.74) is 0.782. The Balaban J connectivity index is 2.10. The van der Waals surface area contributed by atoms with E-state index in [2.05, 4.69) is 28.9 Å². The van der Waals surface area contributed by atoms with Crippen molar-refractivity contribution in [2.45, 2.75) is 12.5 Å². The van der Waals surface area contributed by atoms with Gasteiger partial charge in [0.1, 0.15) is 5.69 Å². The summed E-state index contributed by atoms with van der Waals surface area (Å²) in [6, 6.07) is 4.20. The molecule has 0 spiro atoms. The van der Waals surface area contributed by atoms with Crippen LogP contribution in [0.25, 0.3) is 0 Å². The minimum Gasteiger partial charge on any atom is -0.349 e. The van der Waals surface area contributed by atoms with Gasteiger partial charge in [0, 0.05) is 12.7 Å². The van der Waals surface area contributed by atoms with E-state index in [1.54, 1.807) is 0 Å². The minimum atomic E-state index is 0.0427. The molecule has 0 aromatic carbocycles. The summed E-state index contributed by atoms with van der Waals surface area (Å²) in [6.07, 6.45) is 3.06. The standard InChI is InChI=1S/C11H17N3O/c1-13(2)7-5-9-8-12-11(15)10-4-3-6-14(9)10/h3-4,6,9H,5,7-8H2,1-2H3,(H,12,15). The van der Waals surface area contributed by atoms with Gasteiger partial charge in [-0.1, -0.05) is 0 Å². The number of carbonyl (C=O) groups is 1. The van der Waals surface area contributed by atoms with Crippen molar-refractivity contribution in [3.8, 4) is 0 Å². The highest BCUT2D eigenvalue weighted by Crippen LogP contribution is 2.19. The van der Waals surface area contributed by atoms with Crippen LogP contribution < -0.4 is 5.32 Å². The number of amides is 1. The van der Waals surface area contributed by atoms with Crippen molar-refractivity contribution >= 4 is 5.91 Å². The Bertz CT molecular complexity index is 356. The summed E-state index contributed by atoms with van der Waals surface area (Å²) >= 11 is 0. The number of nitrogens with zero attached hydrogens (tertiary/aromatic N) is 2. The van der Waals surface area contributed by atoms with E-state index >= 15 is 0 Å². The van der Waals surface area contributed by atoms with Crippen LogP contribution in [-0.2, 0) is 0 Å². The molecule has 1 atom stereocenters. The van der Waals surface area contributed by atoms with Crippen LogP contribution >= 0.6 is 0 Å². The van der Waals surface area contributed by atoms with Crippen LogP contribution in [0.3, 0.4) is 0 Å². The van der Waals surface area contributed by atoms with Gasteiger partial charge < -0.3 is 14.8 Å². The summed E-state index contributed by atoms with van der Waals surface area (Å²) in [4.78, 5) is 13.7. The van der Waals surface area contributed by atoms with E-state index < -0.39 is 0 Å². The molecule has 82 valence electrons. The van der Waals surface area contributed by atoms with Crippen LogP contribution in [0.15, 0.2) is 18.3 Å². The van der Waals surface area contributed by atoms with Crippen molar-refractivity contribution in [1.82, 2.24) is 14.8 Å². The van der Waals surface area contributed by atoms with Crippen LogP contribution in [0.4, 0.5) is 0 Å². The Morgan fingerprint density at radius 1 is 1.60 bits per heavy atom. The first-order valence-corrected chi connectivity index (χ1v) is 5.28. The smallest absolute Gasteiger partial charge is 0.267 e. The quantitative estimate of drug-likeness (QED) is 0.793. The fourth-order valence-corrected chi connectivity index (χ4v) is 1.95. The number of hydrogen-bond acceptors (Lipinski definition) is 2. The first-order valence-electron chi connectivity index (χ1n) is 5.28. The lowest BCUT2D eigenvalue weighted by molar-refractivity contribution is 0.0911. The van der Waals surface area contributed by atoms with E-state index in [9.17, 15) is 4.79 Å². The zero-order valence-corrected chi connectivity index (χ0v) is 9.23. The van der Waals surface area contributed by atoms with E-state index in [0.29, 0.717) is 6.04 Å². The van der Waals surface area contributed by atoms with Crippen LogP contribution in [0.1, 0.15) is 23.0 Å². The molecule has 0 saturated heterocycles. The Kier molecular flexibility index (Phi) is 2.77. The number of nitrogens with one attached hydrogen (secondary N) is 1. The van der Waals surface area contributed by atoms with Gasteiger partial charge in [-0.05, 0) is 39.2 Å². The molecular formula is C11H17N3O. The molecule has 1 aliphatic heterocycles. The molecule has 1 amide bonds. The van der Waals surface area contributed by atoms with Gasteiger partial charge in [0.2, 0.25) is 0 Å². The fraction of sp³-hybridized carbons (Fsp3) is 0.545. The lowest BCUT2D eigenvalue weighted by atomic mass is 10.1. The molecule has 0 bridgehead atoms. The molecule has 1 unspecified atom stereocenters. The zero-order valence-electron chi connectivity index (χ0n) is 9.23. The molecule has 1 aromatic heterocycles. The number of hydrogen-bond donors (Lipinski definition) is 1. The molecule has 2 heterocycles. The number of rotatable bonds is 3. The van der Waals surface area contributed by atoms with Gasteiger partial charge in [-0.3, -0.25) is 4.79 Å². The Morgan fingerprint density at radius 3 is 3.13 bits per heavy atom. The summed E-state index contributed by atoms with van der Waals surface area (Å²) in [5.74, 6) is 0.0427. The summed E-state index contributed by atoms with van der Waals surface area (Å²) in [7, 11) is 4.13. The van der Waals surface area contributed by atoms with Crippen LogP contribution in [0.2, 0.25) is 0 Å². The second-order valence-electron chi connectivity index (χ2n) is 4.26. The molecule has 0 saturated carbocycles. The van der Waals surface area contributed by atoms with Crippen molar-refractivity contribution in [3.05, 3.63) is 24.0 Å². The maximum absolute atomic E-state index is 11.5. The van der Waals surface area contributed by atoms with Gasteiger partial charge in [-0.25, -0.2) is 0 Å². The van der Waals surface area contributed by atoms with Crippen molar-refractivity contribution in [2.24, 2.45) is 0 Å². The third kappa shape index (κ3) is 2.04. The molecule has 4 heteroatoms. The largest absolute Gasteiger partial charge is 0.349 e. The maximum Gasteiger partial charge on any atom is 0.267 e. The first kappa shape index (κ1) is 10.2. The molecule has 2 rings (SSSR count). The van der Waals surface area contributed by atoms with Crippen molar-refractivity contribution in [3.63, 3.8) is 0 Å². The number of aromatic nitrogens is 1. The molecule has 1 N–H and O–H groups in total. The van der Waals surface area contributed by atoms with Crippen LogP contribution in [-0.4, -0.2) is 42.6 Å². The normalized spacial score (nSPS) is 20.2. The Hall–Kier alpha value is -1.29. The van der Waals surface area contributed by atoms with Crippen LogP contribution in [0.5, 0.6) is 0 Å². The fourth-order valence-electron chi connectivity index (χ4n) is 1.95. The molecule has 1 aromatic rings. The Labute approximate surface area is 89.9 Å². The second kappa shape index (κ2) is 4.06. The van der Waals surface area contributed by atoms with Gasteiger partial charge >= 0.3 is 0 Å². The maximum atomic E-state index is 11.5. The summed E-state index contributed by atoms with van der Waals surface area (Å²) in [6.45, 7) is 1.78.